The molecule has 1 N–H and O–H groups in total. The van der Waals surface area contributed by atoms with Crippen molar-refractivity contribution in [2.45, 2.75) is 19.0 Å². The molecule has 1 aromatic heterocycles. The second-order valence-electron chi connectivity index (χ2n) is 6.98. The van der Waals surface area contributed by atoms with Gasteiger partial charge in [-0.1, -0.05) is 54.6 Å². The minimum atomic E-state index is -4.34. The van der Waals surface area contributed by atoms with E-state index in [2.05, 4.69) is 23.2 Å². The van der Waals surface area contributed by atoms with Crippen LogP contribution in [0.4, 0.5) is 13.2 Å². The molecule has 0 radical (unpaired) electrons. The Bertz CT molecular complexity index is 1170. The smallest absolute Gasteiger partial charge is 0.354 e. The summed E-state index contributed by atoms with van der Waals surface area (Å²) in [4.78, 5) is 3.48. The van der Waals surface area contributed by atoms with E-state index in [-0.39, 0.29) is 6.42 Å². The molecule has 134 valence electrons. The number of nitrogens with one attached hydrogen (secondary N) is 1. The van der Waals surface area contributed by atoms with Gasteiger partial charge >= 0.3 is 6.18 Å². The first-order valence-corrected chi connectivity index (χ1v) is 8.88. The molecule has 0 bridgehead atoms. The van der Waals surface area contributed by atoms with Crippen LogP contribution in [-0.2, 0) is 19.0 Å². The molecule has 1 nitrogen and oxygen atoms in total. The topological polar surface area (TPSA) is 15.8 Å². The van der Waals surface area contributed by atoms with Crippen molar-refractivity contribution in [1.29, 1.82) is 0 Å². The molecule has 4 aromatic rings. The van der Waals surface area contributed by atoms with Crippen LogP contribution in [-0.4, -0.2) is 4.98 Å². The zero-order chi connectivity index (χ0) is 18.6. The molecule has 0 aliphatic heterocycles. The van der Waals surface area contributed by atoms with Crippen LogP contribution in [0.5, 0.6) is 0 Å². The fourth-order valence-corrected chi connectivity index (χ4v) is 4.19. The number of fused-ring (bicyclic) bond motifs is 5. The van der Waals surface area contributed by atoms with Gasteiger partial charge in [0.1, 0.15) is 0 Å². The first-order valence-electron chi connectivity index (χ1n) is 8.88. The van der Waals surface area contributed by atoms with Crippen molar-refractivity contribution < 1.29 is 13.2 Å². The van der Waals surface area contributed by atoms with Crippen LogP contribution in [0.2, 0.25) is 0 Å². The molecule has 4 heteroatoms. The van der Waals surface area contributed by atoms with Crippen molar-refractivity contribution in [2.24, 2.45) is 0 Å². The first kappa shape index (κ1) is 16.2. The summed E-state index contributed by atoms with van der Waals surface area (Å²) < 4.78 is 40.1. The lowest BCUT2D eigenvalue weighted by atomic mass is 9.93. The minimum absolute atomic E-state index is 0.279. The van der Waals surface area contributed by atoms with E-state index in [1.807, 2.05) is 24.3 Å². The Kier molecular flexibility index (Phi) is 3.44. The maximum Gasteiger partial charge on any atom is 0.416 e. The largest absolute Gasteiger partial charge is 0.416 e. The van der Waals surface area contributed by atoms with E-state index in [0.717, 1.165) is 40.4 Å². The number of H-pyrrole nitrogens is 1. The molecule has 0 fully saturated rings. The molecule has 0 saturated carbocycles. The molecule has 0 atom stereocenters. The van der Waals surface area contributed by atoms with Crippen molar-refractivity contribution in [1.82, 2.24) is 4.98 Å². The molecule has 1 aliphatic rings. The Morgan fingerprint density at radius 3 is 2.37 bits per heavy atom. The number of aromatic nitrogens is 1. The van der Waals surface area contributed by atoms with Gasteiger partial charge in [0.15, 0.2) is 0 Å². The van der Waals surface area contributed by atoms with Crippen LogP contribution >= 0.6 is 0 Å². The van der Waals surface area contributed by atoms with Crippen LogP contribution < -0.4 is 0 Å². The average molecular weight is 363 g/mol. The Labute approximate surface area is 154 Å². The fraction of sp³-hybridized carbons (Fsp3) is 0.130. The highest BCUT2D eigenvalue weighted by Gasteiger charge is 2.33. The predicted molar refractivity (Wildman–Crippen MR) is 101 cm³/mol. The summed E-state index contributed by atoms with van der Waals surface area (Å²) in [5.41, 5.74) is 6.38. The van der Waals surface area contributed by atoms with Gasteiger partial charge in [0.2, 0.25) is 0 Å². The van der Waals surface area contributed by atoms with Gasteiger partial charge in [-0.05, 0) is 40.8 Å². The van der Waals surface area contributed by atoms with E-state index in [4.69, 9.17) is 0 Å². The van der Waals surface area contributed by atoms with E-state index >= 15 is 0 Å². The molecule has 27 heavy (non-hydrogen) atoms. The molecule has 0 unspecified atom stereocenters. The minimum Gasteiger partial charge on any atom is -0.354 e. The van der Waals surface area contributed by atoms with Crippen LogP contribution in [0.1, 0.15) is 27.8 Å². The zero-order valence-electron chi connectivity index (χ0n) is 14.4. The van der Waals surface area contributed by atoms with Crippen LogP contribution in [0.3, 0.4) is 0 Å². The summed E-state index contributed by atoms with van der Waals surface area (Å²) in [5.74, 6) is 0. The highest BCUT2D eigenvalue weighted by atomic mass is 19.4. The fourth-order valence-electron chi connectivity index (χ4n) is 4.19. The van der Waals surface area contributed by atoms with E-state index in [9.17, 15) is 13.2 Å². The molecule has 0 saturated heterocycles. The van der Waals surface area contributed by atoms with Crippen molar-refractivity contribution >= 4 is 10.9 Å². The quantitative estimate of drug-likeness (QED) is 0.376. The molecule has 0 amide bonds. The number of para-hydroxylation sites is 1. The lowest BCUT2D eigenvalue weighted by molar-refractivity contribution is -0.138. The van der Waals surface area contributed by atoms with Gasteiger partial charge in [0, 0.05) is 22.9 Å². The number of hydrogen-bond donors (Lipinski definition) is 1. The monoisotopic (exact) mass is 363 g/mol. The standard InChI is InChI=1S/C23H16F3N/c24-23(25,26)20-10-3-1-6-15(20)12-14-7-5-9-17-18(14)13-19-16-8-2-4-11-21(16)27-22(17)19/h1-11,27H,12-13H2. The summed E-state index contributed by atoms with van der Waals surface area (Å²) in [6.07, 6.45) is -3.31. The van der Waals surface area contributed by atoms with Crippen molar-refractivity contribution in [2.75, 3.05) is 0 Å². The van der Waals surface area contributed by atoms with Crippen LogP contribution in [0.15, 0.2) is 66.7 Å². The SMILES string of the molecule is FC(F)(F)c1ccccc1Cc1cccc2c1Cc1c-2[nH]c2ccccc12. The van der Waals surface area contributed by atoms with Crippen molar-refractivity contribution in [3.8, 4) is 11.3 Å². The Morgan fingerprint density at radius 1 is 0.778 bits per heavy atom. The lowest BCUT2D eigenvalue weighted by Gasteiger charge is -2.14. The van der Waals surface area contributed by atoms with Crippen molar-refractivity contribution in [3.05, 3.63) is 94.5 Å². The van der Waals surface area contributed by atoms with E-state index < -0.39 is 11.7 Å². The maximum atomic E-state index is 13.4. The normalized spacial score (nSPS) is 13.0. The third-order valence-corrected chi connectivity index (χ3v) is 5.41. The van der Waals surface area contributed by atoms with E-state index in [1.165, 1.54) is 17.0 Å². The number of hydrogen-bond acceptors (Lipinski definition) is 0. The number of alkyl halides is 3. The summed E-state index contributed by atoms with van der Waals surface area (Å²) in [7, 11) is 0. The van der Waals surface area contributed by atoms with Gasteiger partial charge in [0.05, 0.1) is 11.3 Å². The van der Waals surface area contributed by atoms with Gasteiger partial charge in [0.25, 0.3) is 0 Å². The van der Waals surface area contributed by atoms with Gasteiger partial charge in [-0.3, -0.25) is 0 Å². The zero-order valence-corrected chi connectivity index (χ0v) is 14.4. The molecule has 3 aromatic carbocycles. The number of halogens is 3. The summed E-state index contributed by atoms with van der Waals surface area (Å²) in [5, 5.41) is 1.19. The van der Waals surface area contributed by atoms with Gasteiger partial charge in [-0.15, -0.1) is 0 Å². The molecule has 5 rings (SSSR count). The first-order chi connectivity index (χ1) is 13.0. The predicted octanol–water partition coefficient (Wildman–Crippen LogP) is 6.35. The number of benzene rings is 3. The summed E-state index contributed by atoms with van der Waals surface area (Å²) in [6, 6.07) is 19.9. The van der Waals surface area contributed by atoms with E-state index in [0.29, 0.717) is 5.56 Å². The van der Waals surface area contributed by atoms with Gasteiger partial charge in [-0.25, -0.2) is 0 Å². The molecule has 0 spiro atoms. The lowest BCUT2D eigenvalue weighted by Crippen LogP contribution is -2.09. The van der Waals surface area contributed by atoms with Crippen LogP contribution in [0.25, 0.3) is 22.2 Å². The van der Waals surface area contributed by atoms with Gasteiger partial charge in [-0.2, -0.15) is 13.2 Å². The Balaban J connectivity index is 1.60. The summed E-state index contributed by atoms with van der Waals surface area (Å²) in [6.45, 7) is 0. The maximum absolute atomic E-state index is 13.4. The third-order valence-electron chi connectivity index (χ3n) is 5.41. The van der Waals surface area contributed by atoms with Crippen molar-refractivity contribution in [3.63, 3.8) is 0 Å². The molecular weight excluding hydrogens is 347 g/mol. The highest BCUT2D eigenvalue weighted by Crippen LogP contribution is 2.42. The molecule has 1 aliphatic carbocycles. The van der Waals surface area contributed by atoms with E-state index in [1.54, 1.807) is 12.1 Å². The second-order valence-corrected chi connectivity index (χ2v) is 6.98. The molecular formula is C23H16F3N. The average Bonchev–Trinajstić information content (AvgIpc) is 3.18. The molecule has 1 heterocycles. The number of aromatic amines is 1. The van der Waals surface area contributed by atoms with Gasteiger partial charge < -0.3 is 4.98 Å². The summed E-state index contributed by atoms with van der Waals surface area (Å²) >= 11 is 0. The second kappa shape index (κ2) is 5.74. The number of rotatable bonds is 2. The third kappa shape index (κ3) is 2.55. The van der Waals surface area contributed by atoms with Crippen LogP contribution in [0, 0.1) is 0 Å². The highest BCUT2D eigenvalue weighted by molar-refractivity contribution is 5.94. The Hall–Kier alpha value is -3.01. The Morgan fingerprint density at radius 2 is 1.52 bits per heavy atom.